The molecule has 1 heterocycles. The minimum atomic E-state index is -0.988. The summed E-state index contributed by atoms with van der Waals surface area (Å²) in [5, 5.41) is 18.5. The van der Waals surface area contributed by atoms with Crippen LogP contribution in [0.3, 0.4) is 0 Å². The Morgan fingerprint density at radius 2 is 2.10 bits per heavy atom. The number of methoxy groups -OCH3 is 1. The number of rotatable bonds is 3. The number of para-hydroxylation sites is 1. The van der Waals surface area contributed by atoms with Crippen molar-refractivity contribution in [1.29, 1.82) is 5.26 Å². The molecule has 1 aromatic carbocycles. The Labute approximate surface area is 116 Å². The molecule has 0 aliphatic carbocycles. The third kappa shape index (κ3) is 2.01. The van der Waals surface area contributed by atoms with Gasteiger partial charge in [0.1, 0.15) is 17.5 Å². The van der Waals surface area contributed by atoms with Crippen molar-refractivity contribution < 1.29 is 14.6 Å². The van der Waals surface area contributed by atoms with Crippen LogP contribution in [0.15, 0.2) is 24.3 Å². The number of carboxylic acids is 1. The number of carbonyl (C=O) groups is 1. The molecule has 0 spiro atoms. The highest BCUT2D eigenvalue weighted by molar-refractivity contribution is 5.89. The highest BCUT2D eigenvalue weighted by Crippen LogP contribution is 2.30. The zero-order valence-electron chi connectivity index (χ0n) is 11.5. The summed E-state index contributed by atoms with van der Waals surface area (Å²) in [4.78, 5) is 11.2. The lowest BCUT2D eigenvalue weighted by Crippen LogP contribution is -2.06. The van der Waals surface area contributed by atoms with Gasteiger partial charge >= 0.3 is 5.97 Å². The Hall–Kier alpha value is -2.74. The van der Waals surface area contributed by atoms with E-state index in [4.69, 9.17) is 4.74 Å². The van der Waals surface area contributed by atoms with Crippen molar-refractivity contribution in [3.8, 4) is 17.5 Å². The molecule has 0 radical (unpaired) electrons. The molecular formula is C15H14N2O3. The molecule has 5 heteroatoms. The maximum absolute atomic E-state index is 11.2. The first-order valence-corrected chi connectivity index (χ1v) is 6.01. The summed E-state index contributed by atoms with van der Waals surface area (Å²) >= 11 is 0. The topological polar surface area (TPSA) is 75.2 Å². The number of hydrogen-bond donors (Lipinski definition) is 1. The fraction of sp³-hybridized carbons (Fsp3) is 0.200. The third-order valence-corrected chi connectivity index (χ3v) is 3.22. The number of aromatic nitrogens is 1. The van der Waals surface area contributed by atoms with Crippen molar-refractivity contribution in [2.24, 2.45) is 0 Å². The number of benzene rings is 1. The first-order chi connectivity index (χ1) is 9.51. The van der Waals surface area contributed by atoms with Crippen LogP contribution in [0.1, 0.15) is 27.3 Å². The second kappa shape index (κ2) is 5.10. The maximum Gasteiger partial charge on any atom is 0.337 e. The van der Waals surface area contributed by atoms with Crippen LogP contribution in [-0.4, -0.2) is 22.8 Å². The van der Waals surface area contributed by atoms with Crippen LogP contribution in [0.5, 0.6) is 5.75 Å². The first-order valence-electron chi connectivity index (χ1n) is 6.01. The van der Waals surface area contributed by atoms with Gasteiger partial charge in [0.05, 0.1) is 18.2 Å². The average Bonchev–Trinajstić information content (AvgIpc) is 2.73. The minimum absolute atomic E-state index is 0.220. The summed E-state index contributed by atoms with van der Waals surface area (Å²) in [5.41, 5.74) is 2.53. The lowest BCUT2D eigenvalue weighted by atomic mass is 10.1. The Balaban J connectivity index is 2.82. The second-order valence-corrected chi connectivity index (χ2v) is 4.39. The molecule has 102 valence electrons. The zero-order valence-corrected chi connectivity index (χ0v) is 11.5. The van der Waals surface area contributed by atoms with Gasteiger partial charge in [-0.3, -0.25) is 0 Å². The van der Waals surface area contributed by atoms with Gasteiger partial charge in [-0.15, -0.1) is 0 Å². The normalized spacial score (nSPS) is 10.1. The van der Waals surface area contributed by atoms with Gasteiger partial charge in [0.2, 0.25) is 0 Å². The van der Waals surface area contributed by atoms with Gasteiger partial charge in [0, 0.05) is 11.4 Å². The van der Waals surface area contributed by atoms with E-state index in [1.165, 1.54) is 7.11 Å². The minimum Gasteiger partial charge on any atom is -0.495 e. The SMILES string of the molecule is COc1cccc(C#N)c1-n1c(C)cc(C(=O)O)c1C. The number of hydrogen-bond acceptors (Lipinski definition) is 3. The molecule has 0 unspecified atom stereocenters. The fourth-order valence-corrected chi connectivity index (χ4v) is 2.33. The molecule has 0 aliphatic heterocycles. The molecule has 0 saturated carbocycles. The predicted octanol–water partition coefficient (Wildman–Crippen LogP) is 2.67. The summed E-state index contributed by atoms with van der Waals surface area (Å²) in [6.07, 6.45) is 0. The van der Waals surface area contributed by atoms with Crippen LogP contribution in [0, 0.1) is 25.2 Å². The Kier molecular flexibility index (Phi) is 3.49. The summed E-state index contributed by atoms with van der Waals surface area (Å²) in [7, 11) is 1.52. The number of nitriles is 1. The van der Waals surface area contributed by atoms with Crippen LogP contribution < -0.4 is 4.74 Å². The summed E-state index contributed by atoms with van der Waals surface area (Å²) in [6.45, 7) is 3.51. The van der Waals surface area contributed by atoms with Crippen molar-refractivity contribution in [2.75, 3.05) is 7.11 Å². The lowest BCUT2D eigenvalue weighted by Gasteiger charge is -2.15. The lowest BCUT2D eigenvalue weighted by molar-refractivity contribution is 0.0696. The summed E-state index contributed by atoms with van der Waals surface area (Å²) in [5.74, 6) is -0.458. The van der Waals surface area contributed by atoms with Crippen LogP contribution >= 0.6 is 0 Å². The molecule has 0 fully saturated rings. The molecule has 2 aromatic rings. The van der Waals surface area contributed by atoms with Crippen LogP contribution in [0.25, 0.3) is 5.69 Å². The molecule has 20 heavy (non-hydrogen) atoms. The monoisotopic (exact) mass is 270 g/mol. The molecule has 0 saturated heterocycles. The number of aryl methyl sites for hydroxylation is 1. The summed E-state index contributed by atoms with van der Waals surface area (Å²) in [6, 6.07) is 8.85. The highest BCUT2D eigenvalue weighted by atomic mass is 16.5. The Morgan fingerprint density at radius 1 is 1.40 bits per heavy atom. The molecule has 5 nitrogen and oxygen atoms in total. The first kappa shape index (κ1) is 13.7. The van der Waals surface area contributed by atoms with Crippen LogP contribution in [0.4, 0.5) is 0 Å². The average molecular weight is 270 g/mol. The molecule has 0 aliphatic rings. The summed E-state index contributed by atoms with van der Waals surface area (Å²) < 4.78 is 7.04. The molecule has 0 atom stereocenters. The third-order valence-electron chi connectivity index (χ3n) is 3.22. The van der Waals surface area contributed by atoms with Crippen molar-refractivity contribution in [2.45, 2.75) is 13.8 Å². The van der Waals surface area contributed by atoms with Gasteiger partial charge in [0.25, 0.3) is 0 Å². The largest absolute Gasteiger partial charge is 0.495 e. The van der Waals surface area contributed by atoms with E-state index in [0.717, 1.165) is 5.69 Å². The van der Waals surface area contributed by atoms with Crippen molar-refractivity contribution >= 4 is 5.97 Å². The van der Waals surface area contributed by atoms with Crippen molar-refractivity contribution in [3.63, 3.8) is 0 Å². The molecule has 0 amide bonds. The van der Waals surface area contributed by atoms with Gasteiger partial charge in [-0.2, -0.15) is 5.26 Å². The number of ether oxygens (including phenoxy) is 1. The van der Waals surface area contributed by atoms with Gasteiger partial charge in [0.15, 0.2) is 0 Å². The van der Waals surface area contributed by atoms with Gasteiger partial charge < -0.3 is 14.4 Å². The van der Waals surface area contributed by atoms with Gasteiger partial charge in [-0.05, 0) is 32.0 Å². The molecular weight excluding hydrogens is 256 g/mol. The molecule has 1 aromatic heterocycles. The van der Waals surface area contributed by atoms with E-state index in [2.05, 4.69) is 6.07 Å². The molecule has 0 bridgehead atoms. The van der Waals surface area contributed by atoms with Gasteiger partial charge in [-0.25, -0.2) is 4.79 Å². The predicted molar refractivity (Wildman–Crippen MR) is 73.5 cm³/mol. The second-order valence-electron chi connectivity index (χ2n) is 4.39. The maximum atomic E-state index is 11.2. The van der Waals surface area contributed by atoms with Crippen LogP contribution in [0.2, 0.25) is 0 Å². The van der Waals surface area contributed by atoms with E-state index < -0.39 is 5.97 Å². The molecule has 2 rings (SSSR count). The molecule has 1 N–H and O–H groups in total. The quantitative estimate of drug-likeness (QED) is 0.930. The van der Waals surface area contributed by atoms with E-state index >= 15 is 0 Å². The number of nitrogens with zero attached hydrogens (tertiary/aromatic N) is 2. The Bertz CT molecular complexity index is 723. The van der Waals surface area contributed by atoms with E-state index in [9.17, 15) is 15.2 Å². The standard InChI is InChI=1S/C15H14N2O3/c1-9-7-12(15(18)19)10(2)17(9)14-11(8-16)5-4-6-13(14)20-3/h4-7H,1-3H3,(H,18,19). The van der Waals surface area contributed by atoms with Gasteiger partial charge in [-0.1, -0.05) is 6.07 Å². The van der Waals surface area contributed by atoms with Crippen LogP contribution in [-0.2, 0) is 0 Å². The number of aromatic carboxylic acids is 1. The van der Waals surface area contributed by atoms with E-state index in [-0.39, 0.29) is 5.56 Å². The van der Waals surface area contributed by atoms with E-state index in [1.807, 2.05) is 0 Å². The number of carboxylic acid groups (broad SMARTS) is 1. The Morgan fingerprint density at radius 3 is 2.60 bits per heavy atom. The smallest absolute Gasteiger partial charge is 0.337 e. The highest BCUT2D eigenvalue weighted by Gasteiger charge is 2.20. The zero-order chi connectivity index (χ0) is 14.9. The van der Waals surface area contributed by atoms with Crippen molar-refractivity contribution in [3.05, 3.63) is 46.8 Å². The fourth-order valence-electron chi connectivity index (χ4n) is 2.33. The van der Waals surface area contributed by atoms with Crippen molar-refractivity contribution in [1.82, 2.24) is 4.57 Å². The van der Waals surface area contributed by atoms with E-state index in [1.54, 1.807) is 42.7 Å². The van der Waals surface area contributed by atoms with E-state index in [0.29, 0.717) is 22.7 Å².